The summed E-state index contributed by atoms with van der Waals surface area (Å²) in [4.78, 5) is 42.3. The van der Waals surface area contributed by atoms with E-state index < -0.39 is 6.04 Å². The minimum atomic E-state index is -0.498. The topological polar surface area (TPSA) is 103 Å². The average Bonchev–Trinajstić information content (AvgIpc) is 3.56. The number of anilines is 1. The zero-order valence-electron chi connectivity index (χ0n) is 30.2. The number of carbonyl (C=O) groups is 3. The zero-order chi connectivity index (χ0) is 35.2. The Morgan fingerprint density at radius 1 is 1.09 bits per heavy atom. The van der Waals surface area contributed by atoms with E-state index in [1.165, 1.54) is 6.42 Å². The Morgan fingerprint density at radius 2 is 1.74 bits per heavy atom. The van der Waals surface area contributed by atoms with E-state index in [1.54, 1.807) is 18.4 Å². The number of unbranched alkanes of at least 4 members (excludes halogenated alkanes) is 1. The molecule has 2 unspecified atom stereocenters. The van der Waals surface area contributed by atoms with Gasteiger partial charge in [0.05, 0.1) is 6.04 Å². The van der Waals surface area contributed by atoms with Crippen molar-refractivity contribution in [2.45, 2.75) is 118 Å². The summed E-state index contributed by atoms with van der Waals surface area (Å²) in [5, 5.41) is 11.8. The Hall–Kier alpha value is -3.30. The predicted molar refractivity (Wildman–Crippen MR) is 201 cm³/mol. The van der Waals surface area contributed by atoms with Gasteiger partial charge in [0.1, 0.15) is 28.5 Å². The molecule has 0 saturated heterocycles. The highest BCUT2D eigenvalue weighted by atomic mass is 32.1. The van der Waals surface area contributed by atoms with Crippen molar-refractivity contribution in [1.29, 1.82) is 0 Å². The molecule has 1 aliphatic rings. The molecule has 2 amide bonds. The first-order valence-electron chi connectivity index (χ1n) is 17.5. The van der Waals surface area contributed by atoms with E-state index in [0.717, 1.165) is 71.8 Å². The van der Waals surface area contributed by atoms with Crippen molar-refractivity contribution < 1.29 is 14.4 Å². The standard InChI is InChI=1S/C35H53N5O2S.C2H6.CH2O/c1-7-9-13-18-25(3)30-34(43-33(39-30)29-21-16-12-17-22-29)37-24-26(4)40(23-10-8-2)35(42)31(28-19-14-11-15-20-28)38-32(41)27(5)36-6;2*1-2/h9,12-13,16-18,21-22,26-28,31,36-37H,7-8,10-11,14-15,19-20,23-24H2,1-6H3,(H,38,41);1-2H3;1H2/b13-9-,25-18+;;/t26?,27-,31?;;/m0../s1. The summed E-state index contributed by atoms with van der Waals surface area (Å²) in [5.74, 6) is 0.0976. The Balaban J connectivity index is 0.00000265. The summed E-state index contributed by atoms with van der Waals surface area (Å²) in [6.07, 6.45) is 14.6. The quantitative estimate of drug-likeness (QED) is 0.156. The van der Waals surface area contributed by atoms with Crippen molar-refractivity contribution in [2.75, 3.05) is 25.5 Å². The van der Waals surface area contributed by atoms with Crippen LogP contribution in [0.15, 0.2) is 48.6 Å². The van der Waals surface area contributed by atoms with Crippen LogP contribution in [-0.2, 0) is 14.4 Å². The van der Waals surface area contributed by atoms with E-state index in [4.69, 9.17) is 9.78 Å². The molecule has 1 aromatic heterocycles. The molecule has 3 N–H and O–H groups in total. The van der Waals surface area contributed by atoms with E-state index in [-0.39, 0.29) is 29.8 Å². The van der Waals surface area contributed by atoms with Crippen LogP contribution in [0.1, 0.15) is 106 Å². The molecule has 0 bridgehead atoms. The van der Waals surface area contributed by atoms with Gasteiger partial charge in [0.15, 0.2) is 0 Å². The summed E-state index contributed by atoms with van der Waals surface area (Å²) < 4.78 is 0. The van der Waals surface area contributed by atoms with Gasteiger partial charge < -0.3 is 25.6 Å². The smallest absolute Gasteiger partial charge is 0.245 e. The van der Waals surface area contributed by atoms with Crippen molar-refractivity contribution in [3.8, 4) is 10.6 Å². The molecule has 1 aromatic carbocycles. The molecular weight excluding hydrogens is 607 g/mol. The number of amides is 2. The predicted octanol–water partition coefficient (Wildman–Crippen LogP) is 8.12. The van der Waals surface area contributed by atoms with Crippen LogP contribution in [0.5, 0.6) is 0 Å². The minimum Gasteiger partial charge on any atom is -0.373 e. The van der Waals surface area contributed by atoms with Crippen molar-refractivity contribution in [2.24, 2.45) is 5.92 Å². The van der Waals surface area contributed by atoms with Crippen LogP contribution < -0.4 is 16.0 Å². The summed E-state index contributed by atoms with van der Waals surface area (Å²) in [5.41, 5.74) is 3.13. The third kappa shape index (κ3) is 13.4. The molecule has 47 heavy (non-hydrogen) atoms. The number of rotatable bonds is 16. The van der Waals surface area contributed by atoms with Gasteiger partial charge in [0.25, 0.3) is 0 Å². The van der Waals surface area contributed by atoms with Crippen molar-refractivity contribution in [3.63, 3.8) is 0 Å². The van der Waals surface area contributed by atoms with Crippen LogP contribution in [0.2, 0.25) is 0 Å². The second kappa shape index (κ2) is 23.9. The Labute approximate surface area is 288 Å². The van der Waals surface area contributed by atoms with Crippen LogP contribution in [0.25, 0.3) is 16.1 Å². The largest absolute Gasteiger partial charge is 0.373 e. The fourth-order valence-corrected chi connectivity index (χ4v) is 6.55. The lowest BCUT2D eigenvalue weighted by atomic mass is 9.83. The lowest BCUT2D eigenvalue weighted by molar-refractivity contribution is -0.140. The second-order valence-electron chi connectivity index (χ2n) is 11.8. The fourth-order valence-electron chi connectivity index (χ4n) is 5.50. The first-order valence-corrected chi connectivity index (χ1v) is 18.3. The van der Waals surface area contributed by atoms with E-state index in [0.29, 0.717) is 13.1 Å². The van der Waals surface area contributed by atoms with E-state index >= 15 is 0 Å². The molecule has 1 saturated carbocycles. The number of hydrogen-bond donors (Lipinski definition) is 3. The molecule has 0 radical (unpaired) electrons. The molecule has 262 valence electrons. The van der Waals surface area contributed by atoms with Crippen LogP contribution >= 0.6 is 11.3 Å². The van der Waals surface area contributed by atoms with Crippen molar-refractivity contribution in [1.82, 2.24) is 20.5 Å². The van der Waals surface area contributed by atoms with Gasteiger partial charge in [-0.2, -0.15) is 0 Å². The zero-order valence-corrected chi connectivity index (χ0v) is 31.1. The lowest BCUT2D eigenvalue weighted by Crippen LogP contribution is -2.58. The molecule has 9 heteroatoms. The number of allylic oxidation sites excluding steroid dienone is 4. The molecule has 3 rings (SSSR count). The van der Waals surface area contributed by atoms with Crippen LogP contribution in [0, 0.1) is 5.92 Å². The third-order valence-corrected chi connectivity index (χ3v) is 9.44. The van der Waals surface area contributed by atoms with Gasteiger partial charge in [-0.3, -0.25) is 9.59 Å². The average molecular weight is 668 g/mol. The normalized spacial score (nSPS) is 15.4. The fraction of sp³-hybridized carbons (Fsp3) is 0.579. The molecule has 1 aliphatic carbocycles. The first-order chi connectivity index (χ1) is 22.8. The van der Waals surface area contributed by atoms with Crippen molar-refractivity contribution >= 4 is 40.5 Å². The first kappa shape index (κ1) is 41.7. The highest BCUT2D eigenvalue weighted by molar-refractivity contribution is 7.19. The molecule has 3 atom stereocenters. The van der Waals surface area contributed by atoms with Gasteiger partial charge >= 0.3 is 0 Å². The summed E-state index contributed by atoms with van der Waals surface area (Å²) >= 11 is 1.65. The van der Waals surface area contributed by atoms with E-state index in [1.807, 2.05) is 50.7 Å². The highest BCUT2D eigenvalue weighted by Gasteiger charge is 2.36. The SMILES string of the molecule is C=O.CC.CC/C=C\C=C(/C)c1nc(-c2ccccc2)sc1NCC(C)N(CCCC)C(=O)C(NC(=O)[C@H](C)NC)C1CCCCC1. The molecular formula is C38H61N5O3S. The molecule has 1 heterocycles. The van der Waals surface area contributed by atoms with Gasteiger partial charge in [-0.15, -0.1) is 0 Å². The Bertz CT molecular complexity index is 1220. The van der Waals surface area contributed by atoms with Crippen LogP contribution in [-0.4, -0.2) is 66.8 Å². The lowest BCUT2D eigenvalue weighted by Gasteiger charge is -2.37. The van der Waals surface area contributed by atoms with Gasteiger partial charge in [0.2, 0.25) is 11.8 Å². The number of thiazole rings is 1. The summed E-state index contributed by atoms with van der Waals surface area (Å²) in [7, 11) is 1.77. The van der Waals surface area contributed by atoms with Gasteiger partial charge in [-0.1, -0.05) is 113 Å². The maximum atomic E-state index is 14.3. The third-order valence-electron chi connectivity index (χ3n) is 8.38. The number of nitrogens with one attached hydrogen (secondary N) is 3. The van der Waals surface area contributed by atoms with Gasteiger partial charge in [0, 0.05) is 24.7 Å². The monoisotopic (exact) mass is 667 g/mol. The molecule has 1 fully saturated rings. The number of carbonyl (C=O) groups excluding carboxylic acids is 3. The molecule has 0 aliphatic heterocycles. The Morgan fingerprint density at radius 3 is 2.34 bits per heavy atom. The second-order valence-corrected chi connectivity index (χ2v) is 12.8. The number of benzene rings is 1. The van der Waals surface area contributed by atoms with Crippen LogP contribution in [0.3, 0.4) is 0 Å². The highest BCUT2D eigenvalue weighted by Crippen LogP contribution is 2.36. The van der Waals surface area contributed by atoms with E-state index in [2.05, 4.69) is 74.0 Å². The van der Waals surface area contributed by atoms with Crippen molar-refractivity contribution in [3.05, 3.63) is 54.3 Å². The molecule has 8 nitrogen and oxygen atoms in total. The number of hydrogen-bond acceptors (Lipinski definition) is 7. The number of nitrogens with zero attached hydrogens (tertiary/aromatic N) is 2. The van der Waals surface area contributed by atoms with Gasteiger partial charge in [-0.25, -0.2) is 4.98 Å². The maximum Gasteiger partial charge on any atom is 0.245 e. The Kier molecular flexibility index (Phi) is 21.2. The van der Waals surface area contributed by atoms with Crippen LogP contribution in [0.4, 0.5) is 5.00 Å². The number of aromatic nitrogens is 1. The number of likely N-dealkylation sites (N-methyl/N-ethyl adjacent to an activating group) is 1. The summed E-state index contributed by atoms with van der Waals surface area (Å²) in [6, 6.07) is 9.35. The van der Waals surface area contributed by atoms with E-state index in [9.17, 15) is 9.59 Å². The summed E-state index contributed by atoms with van der Waals surface area (Å²) in [6.45, 7) is 17.6. The molecule has 0 spiro atoms. The maximum absolute atomic E-state index is 14.3. The minimum absolute atomic E-state index is 0.0431. The molecule has 2 aromatic rings. The van der Waals surface area contributed by atoms with Gasteiger partial charge in [-0.05, 0) is 65.0 Å².